The summed E-state index contributed by atoms with van der Waals surface area (Å²) in [6, 6.07) is 11.3. The predicted octanol–water partition coefficient (Wildman–Crippen LogP) is 3.11. The maximum atomic E-state index is 12.2. The van der Waals surface area contributed by atoms with Crippen LogP contribution in [-0.2, 0) is 10.0 Å². The Hall–Kier alpha value is -2.80. The van der Waals surface area contributed by atoms with Gasteiger partial charge in [-0.05, 0) is 36.8 Å². The van der Waals surface area contributed by atoms with E-state index in [0.717, 1.165) is 16.5 Å². The first kappa shape index (κ1) is 17.6. The normalized spacial score (nSPS) is 11.4. The van der Waals surface area contributed by atoms with E-state index in [4.69, 9.17) is 9.84 Å². The molecule has 0 fully saturated rings. The fraction of sp³-hybridized carbons (Fsp3) is 0.118. The van der Waals surface area contributed by atoms with Crippen LogP contribution in [0.1, 0.15) is 21.5 Å². The van der Waals surface area contributed by atoms with E-state index in [-0.39, 0.29) is 17.0 Å². The van der Waals surface area contributed by atoms with Gasteiger partial charge in [0, 0.05) is 0 Å². The van der Waals surface area contributed by atoms with Crippen LogP contribution >= 0.6 is 0 Å². The van der Waals surface area contributed by atoms with Crippen LogP contribution in [0.2, 0.25) is 0 Å². The van der Waals surface area contributed by atoms with Crippen molar-refractivity contribution in [2.75, 3.05) is 11.8 Å². The molecule has 7 heteroatoms. The first-order valence-corrected chi connectivity index (χ1v) is 8.54. The molecule has 2 aromatic rings. The minimum absolute atomic E-state index is 0.0454. The standard InChI is InChI=1S/C17H17NO5S/c1-12-3-5-13(6-4-12)9-10-24(21,22)18-15-11-14(17(19)20)7-8-16(15)23-2/h3-11,18H,1-2H3,(H,19,20). The van der Waals surface area contributed by atoms with Crippen LogP contribution in [0.5, 0.6) is 5.75 Å². The van der Waals surface area contributed by atoms with Crippen molar-refractivity contribution in [3.05, 3.63) is 64.6 Å². The number of aryl methyl sites for hydroxylation is 1. The number of benzene rings is 2. The first-order valence-electron chi connectivity index (χ1n) is 6.99. The van der Waals surface area contributed by atoms with Crippen molar-refractivity contribution in [1.29, 1.82) is 0 Å². The van der Waals surface area contributed by atoms with Crippen molar-refractivity contribution in [2.45, 2.75) is 6.92 Å². The third-order valence-corrected chi connectivity index (χ3v) is 4.21. The fourth-order valence-corrected chi connectivity index (χ4v) is 2.82. The van der Waals surface area contributed by atoms with Crippen LogP contribution in [0, 0.1) is 6.92 Å². The molecule has 0 aliphatic heterocycles. The van der Waals surface area contributed by atoms with Crippen LogP contribution in [0.4, 0.5) is 5.69 Å². The predicted molar refractivity (Wildman–Crippen MR) is 92.7 cm³/mol. The Kier molecular flexibility index (Phi) is 5.25. The monoisotopic (exact) mass is 347 g/mol. The highest BCUT2D eigenvalue weighted by Gasteiger charge is 2.13. The van der Waals surface area contributed by atoms with Gasteiger partial charge in [-0.3, -0.25) is 4.72 Å². The highest BCUT2D eigenvalue weighted by molar-refractivity contribution is 7.95. The summed E-state index contributed by atoms with van der Waals surface area (Å²) in [7, 11) is -2.45. The smallest absolute Gasteiger partial charge is 0.335 e. The van der Waals surface area contributed by atoms with Gasteiger partial charge in [-0.25, -0.2) is 13.2 Å². The van der Waals surface area contributed by atoms with E-state index in [0.29, 0.717) is 0 Å². The van der Waals surface area contributed by atoms with E-state index in [9.17, 15) is 13.2 Å². The highest BCUT2D eigenvalue weighted by Crippen LogP contribution is 2.27. The summed E-state index contributed by atoms with van der Waals surface area (Å²) in [4.78, 5) is 11.0. The van der Waals surface area contributed by atoms with Gasteiger partial charge >= 0.3 is 5.97 Å². The van der Waals surface area contributed by atoms with Crippen molar-refractivity contribution in [1.82, 2.24) is 0 Å². The zero-order valence-corrected chi connectivity index (χ0v) is 14.0. The molecule has 0 aliphatic rings. The van der Waals surface area contributed by atoms with E-state index in [2.05, 4.69) is 4.72 Å². The summed E-state index contributed by atoms with van der Waals surface area (Å²) in [6.07, 6.45) is 1.45. The SMILES string of the molecule is COc1ccc(C(=O)O)cc1NS(=O)(=O)C=Cc1ccc(C)cc1. The number of carboxylic acids is 1. The number of aromatic carboxylic acids is 1. The molecule has 126 valence electrons. The number of carboxylic acid groups (broad SMARTS) is 1. The molecule has 0 saturated carbocycles. The molecule has 2 N–H and O–H groups in total. The topological polar surface area (TPSA) is 92.7 Å². The lowest BCUT2D eigenvalue weighted by molar-refractivity contribution is 0.0697. The molecule has 2 rings (SSSR count). The van der Waals surface area contributed by atoms with Gasteiger partial charge in [0.25, 0.3) is 10.0 Å². The second kappa shape index (κ2) is 7.18. The van der Waals surface area contributed by atoms with Gasteiger partial charge in [-0.15, -0.1) is 0 Å². The summed E-state index contributed by atoms with van der Waals surface area (Å²) < 4.78 is 31.7. The molecule has 2 aromatic carbocycles. The number of carbonyl (C=O) groups is 1. The number of hydrogen-bond acceptors (Lipinski definition) is 4. The summed E-state index contributed by atoms with van der Waals surface area (Å²) >= 11 is 0. The Morgan fingerprint density at radius 1 is 1.17 bits per heavy atom. The molecule has 0 aliphatic carbocycles. The maximum Gasteiger partial charge on any atom is 0.335 e. The fourth-order valence-electron chi connectivity index (χ4n) is 1.95. The van der Waals surface area contributed by atoms with Gasteiger partial charge in [0.2, 0.25) is 0 Å². The number of ether oxygens (including phenoxy) is 1. The number of anilines is 1. The van der Waals surface area contributed by atoms with Crippen LogP contribution in [0.15, 0.2) is 47.9 Å². The van der Waals surface area contributed by atoms with Gasteiger partial charge in [-0.1, -0.05) is 29.8 Å². The van der Waals surface area contributed by atoms with Gasteiger partial charge in [0.1, 0.15) is 5.75 Å². The third kappa shape index (κ3) is 4.60. The molecule has 6 nitrogen and oxygen atoms in total. The quantitative estimate of drug-likeness (QED) is 0.837. The van der Waals surface area contributed by atoms with Gasteiger partial charge in [0.05, 0.1) is 23.8 Å². The molecular weight excluding hydrogens is 330 g/mol. The van der Waals surface area contributed by atoms with Crippen LogP contribution in [0.25, 0.3) is 6.08 Å². The number of hydrogen-bond donors (Lipinski definition) is 2. The van der Waals surface area contributed by atoms with Crippen molar-refractivity contribution in [3.8, 4) is 5.75 Å². The lowest BCUT2D eigenvalue weighted by Crippen LogP contribution is -2.11. The summed E-state index contributed by atoms with van der Waals surface area (Å²) in [6.45, 7) is 1.94. The van der Waals surface area contributed by atoms with Crippen LogP contribution < -0.4 is 9.46 Å². The third-order valence-electron chi connectivity index (χ3n) is 3.22. The molecule has 24 heavy (non-hydrogen) atoms. The average Bonchev–Trinajstić information content (AvgIpc) is 2.54. The van der Waals surface area contributed by atoms with Crippen molar-refractivity contribution < 1.29 is 23.1 Å². The van der Waals surface area contributed by atoms with Crippen molar-refractivity contribution in [3.63, 3.8) is 0 Å². The van der Waals surface area contributed by atoms with E-state index < -0.39 is 16.0 Å². The van der Waals surface area contributed by atoms with Gasteiger partial charge < -0.3 is 9.84 Å². The summed E-state index contributed by atoms with van der Waals surface area (Å²) in [5.74, 6) is -0.930. The molecule has 0 amide bonds. The molecular formula is C17H17NO5S. The Labute approximate surface area is 140 Å². The zero-order valence-electron chi connectivity index (χ0n) is 13.2. The lowest BCUT2D eigenvalue weighted by atomic mass is 10.2. The Morgan fingerprint density at radius 3 is 2.42 bits per heavy atom. The largest absolute Gasteiger partial charge is 0.495 e. The lowest BCUT2D eigenvalue weighted by Gasteiger charge is -2.10. The second-order valence-electron chi connectivity index (χ2n) is 5.08. The van der Waals surface area contributed by atoms with E-state index >= 15 is 0 Å². The molecule has 0 atom stereocenters. The summed E-state index contributed by atoms with van der Waals surface area (Å²) in [5, 5.41) is 10.0. The van der Waals surface area contributed by atoms with Crippen molar-refractivity contribution >= 4 is 27.8 Å². The second-order valence-corrected chi connectivity index (χ2v) is 6.65. The molecule has 0 saturated heterocycles. The van der Waals surface area contributed by atoms with Gasteiger partial charge in [-0.2, -0.15) is 0 Å². The maximum absolute atomic E-state index is 12.2. The highest BCUT2D eigenvalue weighted by atomic mass is 32.2. The van der Waals surface area contributed by atoms with Gasteiger partial charge in [0.15, 0.2) is 0 Å². The summed E-state index contributed by atoms with van der Waals surface area (Å²) in [5.41, 5.74) is 1.82. The molecule has 0 radical (unpaired) electrons. The van der Waals surface area contributed by atoms with E-state index in [1.54, 1.807) is 12.1 Å². The Bertz CT molecular complexity index is 870. The Morgan fingerprint density at radius 2 is 1.83 bits per heavy atom. The zero-order chi connectivity index (χ0) is 17.7. The van der Waals surface area contributed by atoms with Crippen molar-refractivity contribution in [2.24, 2.45) is 0 Å². The number of rotatable bonds is 6. The minimum Gasteiger partial charge on any atom is -0.495 e. The first-order chi connectivity index (χ1) is 11.3. The van der Waals surface area contributed by atoms with E-state index in [1.165, 1.54) is 31.4 Å². The Balaban J connectivity index is 2.26. The van der Waals surface area contributed by atoms with Crippen LogP contribution in [-0.4, -0.2) is 26.6 Å². The molecule has 0 heterocycles. The number of methoxy groups -OCH3 is 1. The molecule has 0 aromatic heterocycles. The number of sulfonamides is 1. The molecule has 0 unspecified atom stereocenters. The average molecular weight is 347 g/mol. The van der Waals surface area contributed by atoms with E-state index in [1.807, 2.05) is 19.1 Å². The minimum atomic E-state index is -3.82. The molecule has 0 bridgehead atoms. The van der Waals surface area contributed by atoms with Crippen LogP contribution in [0.3, 0.4) is 0 Å². The number of nitrogens with one attached hydrogen (secondary N) is 1. The molecule has 0 spiro atoms.